The van der Waals surface area contributed by atoms with Gasteiger partial charge in [-0.3, -0.25) is 4.79 Å². The minimum atomic E-state index is -0.146. The first kappa shape index (κ1) is 13.7. The molecule has 17 heavy (non-hydrogen) atoms. The van der Waals surface area contributed by atoms with Crippen LogP contribution in [0.2, 0.25) is 0 Å². The highest BCUT2D eigenvalue weighted by molar-refractivity contribution is 5.70. The Balaban J connectivity index is 2.41. The highest BCUT2D eigenvalue weighted by Crippen LogP contribution is 2.12. The minimum absolute atomic E-state index is 0.115. The molecule has 0 saturated carbocycles. The van der Waals surface area contributed by atoms with Crippen LogP contribution in [0.1, 0.15) is 38.8 Å². The van der Waals surface area contributed by atoms with E-state index >= 15 is 0 Å². The van der Waals surface area contributed by atoms with Crippen LogP contribution in [0, 0.1) is 0 Å². The normalized spacial score (nSPS) is 14.1. The lowest BCUT2D eigenvalue weighted by Gasteiger charge is -2.19. The Morgan fingerprint density at radius 3 is 2.53 bits per heavy atom. The van der Waals surface area contributed by atoms with Gasteiger partial charge in [-0.1, -0.05) is 30.3 Å². The van der Waals surface area contributed by atoms with Crippen LogP contribution in [-0.4, -0.2) is 18.6 Å². The van der Waals surface area contributed by atoms with Gasteiger partial charge in [0, 0.05) is 12.1 Å². The van der Waals surface area contributed by atoms with Crippen molar-refractivity contribution in [2.75, 3.05) is 6.61 Å². The highest BCUT2D eigenvalue weighted by Gasteiger charge is 2.13. The monoisotopic (exact) mass is 235 g/mol. The summed E-state index contributed by atoms with van der Waals surface area (Å²) in [7, 11) is 0. The van der Waals surface area contributed by atoms with Gasteiger partial charge in [-0.05, 0) is 26.3 Å². The summed E-state index contributed by atoms with van der Waals surface area (Å²) in [6, 6.07) is 10.5. The average molecular weight is 235 g/mol. The summed E-state index contributed by atoms with van der Waals surface area (Å²) in [4.78, 5) is 11.3. The molecule has 0 spiro atoms. The van der Waals surface area contributed by atoms with Gasteiger partial charge in [0.1, 0.15) is 0 Å². The summed E-state index contributed by atoms with van der Waals surface area (Å²) < 4.78 is 4.92. The second kappa shape index (κ2) is 7.07. The van der Waals surface area contributed by atoms with E-state index < -0.39 is 0 Å². The smallest absolute Gasteiger partial charge is 0.307 e. The van der Waals surface area contributed by atoms with E-state index in [4.69, 9.17) is 4.74 Å². The SMILES string of the molecule is CCOC(=O)C[C@@H](C)N[C@H](C)c1ccccc1. The molecular weight excluding hydrogens is 214 g/mol. The molecule has 0 bridgehead atoms. The number of hydrogen-bond acceptors (Lipinski definition) is 3. The van der Waals surface area contributed by atoms with Crippen molar-refractivity contribution >= 4 is 5.97 Å². The summed E-state index contributed by atoms with van der Waals surface area (Å²) in [6.45, 7) is 6.36. The van der Waals surface area contributed by atoms with Crippen LogP contribution < -0.4 is 5.32 Å². The molecule has 1 aromatic carbocycles. The lowest BCUT2D eigenvalue weighted by molar-refractivity contribution is -0.143. The molecule has 0 amide bonds. The molecule has 0 aromatic heterocycles. The quantitative estimate of drug-likeness (QED) is 0.770. The van der Waals surface area contributed by atoms with Crippen LogP contribution in [0.4, 0.5) is 0 Å². The Labute approximate surface area is 103 Å². The van der Waals surface area contributed by atoms with Crippen molar-refractivity contribution in [2.45, 2.75) is 39.3 Å². The summed E-state index contributed by atoms with van der Waals surface area (Å²) in [5.41, 5.74) is 1.23. The number of rotatable bonds is 6. The Bertz CT molecular complexity index is 337. The van der Waals surface area contributed by atoms with Gasteiger partial charge in [-0.25, -0.2) is 0 Å². The van der Waals surface area contributed by atoms with E-state index in [9.17, 15) is 4.79 Å². The van der Waals surface area contributed by atoms with E-state index in [0.717, 1.165) is 0 Å². The first-order chi connectivity index (χ1) is 8.13. The number of nitrogens with one attached hydrogen (secondary N) is 1. The Kier molecular flexibility index (Phi) is 5.70. The molecule has 2 atom stereocenters. The van der Waals surface area contributed by atoms with Crippen molar-refractivity contribution in [3.8, 4) is 0 Å². The maximum absolute atomic E-state index is 11.3. The van der Waals surface area contributed by atoms with E-state index in [-0.39, 0.29) is 18.1 Å². The van der Waals surface area contributed by atoms with Gasteiger partial charge >= 0.3 is 5.97 Å². The second-order valence-corrected chi connectivity index (χ2v) is 4.21. The molecule has 0 saturated heterocycles. The molecule has 3 heteroatoms. The van der Waals surface area contributed by atoms with E-state index in [1.54, 1.807) is 0 Å². The van der Waals surface area contributed by atoms with Gasteiger partial charge in [0.2, 0.25) is 0 Å². The van der Waals surface area contributed by atoms with Crippen LogP contribution in [0.5, 0.6) is 0 Å². The third-order valence-electron chi connectivity index (χ3n) is 2.61. The lowest BCUT2D eigenvalue weighted by atomic mass is 10.1. The summed E-state index contributed by atoms with van der Waals surface area (Å²) >= 11 is 0. The molecule has 1 aromatic rings. The molecule has 0 radical (unpaired) electrons. The van der Waals surface area contributed by atoms with Crippen molar-refractivity contribution in [1.29, 1.82) is 0 Å². The molecular formula is C14H21NO2. The second-order valence-electron chi connectivity index (χ2n) is 4.21. The summed E-state index contributed by atoms with van der Waals surface area (Å²) in [5, 5.41) is 3.38. The molecule has 3 nitrogen and oxygen atoms in total. The molecule has 0 aliphatic heterocycles. The topological polar surface area (TPSA) is 38.3 Å². The Morgan fingerprint density at radius 2 is 1.94 bits per heavy atom. The standard InChI is InChI=1S/C14H21NO2/c1-4-17-14(16)10-11(2)15-12(3)13-8-6-5-7-9-13/h5-9,11-12,15H,4,10H2,1-3H3/t11-,12-/m1/s1. The number of hydrogen-bond donors (Lipinski definition) is 1. The minimum Gasteiger partial charge on any atom is -0.466 e. The first-order valence-electron chi connectivity index (χ1n) is 6.10. The van der Waals surface area contributed by atoms with Crippen LogP contribution in [-0.2, 0) is 9.53 Å². The van der Waals surface area contributed by atoms with Crippen LogP contribution in [0.25, 0.3) is 0 Å². The molecule has 1 rings (SSSR count). The molecule has 0 aliphatic carbocycles. The van der Waals surface area contributed by atoms with Gasteiger partial charge in [0.25, 0.3) is 0 Å². The lowest BCUT2D eigenvalue weighted by Crippen LogP contribution is -2.31. The number of carbonyl (C=O) groups is 1. The Hall–Kier alpha value is -1.35. The van der Waals surface area contributed by atoms with E-state index in [1.807, 2.05) is 32.0 Å². The van der Waals surface area contributed by atoms with Gasteiger partial charge in [0.05, 0.1) is 13.0 Å². The third kappa shape index (κ3) is 5.00. The zero-order valence-corrected chi connectivity index (χ0v) is 10.8. The van der Waals surface area contributed by atoms with Crippen molar-refractivity contribution in [1.82, 2.24) is 5.32 Å². The van der Waals surface area contributed by atoms with Crippen LogP contribution in [0.15, 0.2) is 30.3 Å². The number of carbonyl (C=O) groups excluding carboxylic acids is 1. The van der Waals surface area contributed by atoms with Crippen LogP contribution in [0.3, 0.4) is 0 Å². The van der Waals surface area contributed by atoms with Gasteiger partial charge < -0.3 is 10.1 Å². The fraction of sp³-hybridized carbons (Fsp3) is 0.500. The highest BCUT2D eigenvalue weighted by atomic mass is 16.5. The Morgan fingerprint density at radius 1 is 1.29 bits per heavy atom. The van der Waals surface area contributed by atoms with Crippen molar-refractivity contribution in [3.63, 3.8) is 0 Å². The van der Waals surface area contributed by atoms with Crippen molar-refractivity contribution < 1.29 is 9.53 Å². The zero-order chi connectivity index (χ0) is 12.7. The molecule has 1 N–H and O–H groups in total. The molecule has 94 valence electrons. The van der Waals surface area contributed by atoms with E-state index in [0.29, 0.717) is 13.0 Å². The van der Waals surface area contributed by atoms with Crippen molar-refractivity contribution in [2.24, 2.45) is 0 Å². The van der Waals surface area contributed by atoms with Gasteiger partial charge in [-0.15, -0.1) is 0 Å². The predicted molar refractivity (Wildman–Crippen MR) is 68.7 cm³/mol. The largest absolute Gasteiger partial charge is 0.466 e. The molecule has 0 unspecified atom stereocenters. The zero-order valence-electron chi connectivity index (χ0n) is 10.8. The molecule has 0 fully saturated rings. The summed E-state index contributed by atoms with van der Waals surface area (Å²) in [6.07, 6.45) is 0.408. The first-order valence-corrected chi connectivity index (χ1v) is 6.10. The average Bonchev–Trinajstić information content (AvgIpc) is 2.30. The van der Waals surface area contributed by atoms with E-state index in [2.05, 4.69) is 24.4 Å². The molecule has 0 aliphatic rings. The van der Waals surface area contributed by atoms with Crippen LogP contribution >= 0.6 is 0 Å². The number of benzene rings is 1. The van der Waals surface area contributed by atoms with E-state index in [1.165, 1.54) is 5.56 Å². The molecule has 0 heterocycles. The maximum atomic E-state index is 11.3. The van der Waals surface area contributed by atoms with Gasteiger partial charge in [0.15, 0.2) is 0 Å². The maximum Gasteiger partial charge on any atom is 0.307 e. The van der Waals surface area contributed by atoms with Gasteiger partial charge in [-0.2, -0.15) is 0 Å². The fourth-order valence-corrected chi connectivity index (χ4v) is 1.79. The van der Waals surface area contributed by atoms with Crippen molar-refractivity contribution in [3.05, 3.63) is 35.9 Å². The number of esters is 1. The summed E-state index contributed by atoms with van der Waals surface area (Å²) in [5.74, 6) is -0.146. The third-order valence-corrected chi connectivity index (χ3v) is 2.61. The fourth-order valence-electron chi connectivity index (χ4n) is 1.79. The predicted octanol–water partition coefficient (Wildman–Crippen LogP) is 2.68. The number of ether oxygens (including phenoxy) is 1.